The summed E-state index contributed by atoms with van der Waals surface area (Å²) in [4.78, 5) is 14.7. The molecule has 0 radical (unpaired) electrons. The van der Waals surface area contributed by atoms with Gasteiger partial charge in [0.15, 0.2) is 0 Å². The molecule has 2 heterocycles. The Morgan fingerprint density at radius 1 is 1.15 bits per heavy atom. The van der Waals surface area contributed by atoms with Crippen LogP contribution in [0.25, 0.3) is 0 Å². The number of likely N-dealkylation sites (tertiary alicyclic amines) is 1. The summed E-state index contributed by atoms with van der Waals surface area (Å²) in [6.07, 6.45) is 6.05. The molecule has 0 bridgehead atoms. The number of hydrogen-bond acceptors (Lipinski definition) is 4. The second-order valence-electron chi connectivity index (χ2n) is 7.47. The molecule has 1 amide bonds. The van der Waals surface area contributed by atoms with E-state index in [0.717, 1.165) is 37.2 Å². The number of carbonyl (C=O) groups is 1. The SMILES string of the molecule is COCCNC(=O)c1ccc(CC2CCN(C3CCOCC3)CC2)cc1. The van der Waals surface area contributed by atoms with Gasteiger partial charge in [-0.3, -0.25) is 4.79 Å². The Labute approximate surface area is 157 Å². The number of ether oxygens (including phenoxy) is 2. The topological polar surface area (TPSA) is 50.8 Å². The Morgan fingerprint density at radius 2 is 1.85 bits per heavy atom. The quantitative estimate of drug-likeness (QED) is 0.759. The average molecular weight is 360 g/mol. The largest absolute Gasteiger partial charge is 0.383 e. The highest BCUT2D eigenvalue weighted by Crippen LogP contribution is 2.25. The van der Waals surface area contributed by atoms with Gasteiger partial charge >= 0.3 is 0 Å². The number of methoxy groups -OCH3 is 1. The van der Waals surface area contributed by atoms with Crippen LogP contribution < -0.4 is 5.32 Å². The third kappa shape index (κ3) is 5.53. The highest BCUT2D eigenvalue weighted by Gasteiger charge is 2.26. The van der Waals surface area contributed by atoms with Gasteiger partial charge < -0.3 is 19.7 Å². The van der Waals surface area contributed by atoms with Gasteiger partial charge in [-0.25, -0.2) is 0 Å². The Balaban J connectivity index is 1.42. The van der Waals surface area contributed by atoms with Crippen molar-refractivity contribution < 1.29 is 14.3 Å². The Hall–Kier alpha value is -1.43. The fourth-order valence-corrected chi connectivity index (χ4v) is 4.07. The standard InChI is InChI=1S/C21H32N2O3/c1-25-15-10-22-21(24)19-4-2-17(3-5-19)16-18-6-11-23(12-7-18)20-8-13-26-14-9-20/h2-5,18,20H,6-16H2,1H3,(H,22,24). The zero-order valence-corrected chi connectivity index (χ0v) is 15.9. The predicted octanol–water partition coefficient (Wildman–Crippen LogP) is 2.50. The van der Waals surface area contributed by atoms with Gasteiger partial charge in [0.25, 0.3) is 5.91 Å². The zero-order chi connectivity index (χ0) is 18.2. The van der Waals surface area contributed by atoms with Crippen LogP contribution in [0.1, 0.15) is 41.6 Å². The van der Waals surface area contributed by atoms with Crippen LogP contribution in [0.4, 0.5) is 0 Å². The van der Waals surface area contributed by atoms with E-state index in [9.17, 15) is 4.79 Å². The van der Waals surface area contributed by atoms with E-state index in [2.05, 4.69) is 22.3 Å². The maximum Gasteiger partial charge on any atom is 0.251 e. The molecule has 26 heavy (non-hydrogen) atoms. The van der Waals surface area contributed by atoms with E-state index in [1.54, 1.807) is 7.11 Å². The minimum absolute atomic E-state index is 0.0293. The maximum absolute atomic E-state index is 12.0. The molecule has 2 aliphatic rings. The maximum atomic E-state index is 12.0. The van der Waals surface area contributed by atoms with Gasteiger partial charge in [0.1, 0.15) is 0 Å². The van der Waals surface area contributed by atoms with Crippen molar-refractivity contribution in [3.63, 3.8) is 0 Å². The van der Waals surface area contributed by atoms with Crippen molar-refractivity contribution in [3.05, 3.63) is 35.4 Å². The van der Waals surface area contributed by atoms with Crippen molar-refractivity contribution in [2.24, 2.45) is 5.92 Å². The molecule has 2 fully saturated rings. The molecule has 0 aliphatic carbocycles. The summed E-state index contributed by atoms with van der Waals surface area (Å²) in [5.74, 6) is 0.728. The average Bonchev–Trinajstić information content (AvgIpc) is 2.70. The van der Waals surface area contributed by atoms with Gasteiger partial charge in [-0.2, -0.15) is 0 Å². The molecule has 0 spiro atoms. The second kappa shape index (κ2) is 10.0. The predicted molar refractivity (Wildman–Crippen MR) is 102 cm³/mol. The Morgan fingerprint density at radius 3 is 2.50 bits per heavy atom. The van der Waals surface area contributed by atoms with E-state index in [4.69, 9.17) is 9.47 Å². The first-order valence-electron chi connectivity index (χ1n) is 9.94. The molecule has 5 heteroatoms. The third-order valence-corrected chi connectivity index (χ3v) is 5.69. The van der Waals surface area contributed by atoms with Crippen molar-refractivity contribution in [1.29, 1.82) is 0 Å². The number of rotatable bonds is 7. The molecule has 0 atom stereocenters. The first-order chi connectivity index (χ1) is 12.8. The molecule has 0 aromatic heterocycles. The van der Waals surface area contributed by atoms with E-state index < -0.39 is 0 Å². The normalized spacial score (nSPS) is 20.2. The van der Waals surface area contributed by atoms with Crippen LogP contribution in [-0.2, 0) is 15.9 Å². The van der Waals surface area contributed by atoms with Gasteiger partial charge in [-0.05, 0) is 68.8 Å². The minimum Gasteiger partial charge on any atom is -0.383 e. The number of carbonyl (C=O) groups excluding carboxylic acids is 1. The Kier molecular flexibility index (Phi) is 7.47. The van der Waals surface area contributed by atoms with E-state index in [1.807, 2.05) is 12.1 Å². The highest BCUT2D eigenvalue weighted by molar-refractivity contribution is 5.94. The molecule has 0 unspecified atom stereocenters. The number of nitrogens with zero attached hydrogens (tertiary/aromatic N) is 1. The summed E-state index contributed by atoms with van der Waals surface area (Å²) in [5, 5.41) is 2.86. The molecule has 1 aromatic carbocycles. The van der Waals surface area contributed by atoms with Gasteiger partial charge in [-0.1, -0.05) is 12.1 Å². The molecular formula is C21H32N2O3. The number of nitrogens with one attached hydrogen (secondary N) is 1. The van der Waals surface area contributed by atoms with Crippen molar-refractivity contribution in [1.82, 2.24) is 10.2 Å². The fourth-order valence-electron chi connectivity index (χ4n) is 4.07. The van der Waals surface area contributed by atoms with Crippen LogP contribution in [0, 0.1) is 5.92 Å². The van der Waals surface area contributed by atoms with Crippen LogP contribution in [0.15, 0.2) is 24.3 Å². The lowest BCUT2D eigenvalue weighted by Crippen LogP contribution is -2.44. The Bertz CT molecular complexity index is 547. The van der Waals surface area contributed by atoms with Gasteiger partial charge in [0.2, 0.25) is 0 Å². The lowest BCUT2D eigenvalue weighted by Gasteiger charge is -2.39. The summed E-state index contributed by atoms with van der Waals surface area (Å²) in [5.41, 5.74) is 2.06. The third-order valence-electron chi connectivity index (χ3n) is 5.69. The van der Waals surface area contributed by atoms with E-state index >= 15 is 0 Å². The smallest absolute Gasteiger partial charge is 0.251 e. The molecule has 2 aliphatic heterocycles. The highest BCUT2D eigenvalue weighted by atomic mass is 16.5. The second-order valence-corrected chi connectivity index (χ2v) is 7.47. The van der Waals surface area contributed by atoms with Crippen LogP contribution in [0.2, 0.25) is 0 Å². The van der Waals surface area contributed by atoms with Gasteiger partial charge in [0.05, 0.1) is 6.61 Å². The van der Waals surface area contributed by atoms with Crippen molar-refractivity contribution in [2.45, 2.75) is 38.1 Å². The number of piperidine rings is 1. The summed E-state index contributed by atoms with van der Waals surface area (Å²) >= 11 is 0. The molecule has 2 saturated heterocycles. The minimum atomic E-state index is -0.0293. The van der Waals surface area contributed by atoms with Crippen LogP contribution in [-0.4, -0.2) is 63.4 Å². The zero-order valence-electron chi connectivity index (χ0n) is 15.9. The summed E-state index contributed by atoms with van der Waals surface area (Å²) in [7, 11) is 1.63. The number of amides is 1. The van der Waals surface area contributed by atoms with Crippen molar-refractivity contribution >= 4 is 5.91 Å². The van der Waals surface area contributed by atoms with Crippen molar-refractivity contribution in [3.8, 4) is 0 Å². The van der Waals surface area contributed by atoms with Gasteiger partial charge in [-0.15, -0.1) is 0 Å². The molecule has 1 N–H and O–H groups in total. The van der Waals surface area contributed by atoms with E-state index in [1.165, 1.54) is 44.3 Å². The van der Waals surface area contributed by atoms with Crippen LogP contribution in [0.5, 0.6) is 0 Å². The van der Waals surface area contributed by atoms with Crippen molar-refractivity contribution in [2.75, 3.05) is 46.6 Å². The van der Waals surface area contributed by atoms with Gasteiger partial charge in [0, 0.05) is 38.5 Å². The summed E-state index contributed by atoms with van der Waals surface area (Å²) in [6, 6.07) is 8.83. The molecular weight excluding hydrogens is 328 g/mol. The number of hydrogen-bond donors (Lipinski definition) is 1. The molecule has 0 saturated carbocycles. The lowest BCUT2D eigenvalue weighted by atomic mass is 9.88. The first kappa shape index (κ1) is 19.3. The summed E-state index contributed by atoms with van der Waals surface area (Å²) in [6.45, 7) is 5.37. The first-order valence-corrected chi connectivity index (χ1v) is 9.94. The molecule has 3 rings (SSSR count). The molecule has 1 aromatic rings. The molecule has 144 valence electrons. The number of benzene rings is 1. The lowest BCUT2D eigenvalue weighted by molar-refractivity contribution is 0.0211. The van der Waals surface area contributed by atoms with Crippen LogP contribution in [0.3, 0.4) is 0 Å². The fraction of sp³-hybridized carbons (Fsp3) is 0.667. The van der Waals surface area contributed by atoms with Crippen LogP contribution >= 0.6 is 0 Å². The van der Waals surface area contributed by atoms with E-state index in [-0.39, 0.29) is 5.91 Å². The summed E-state index contributed by atoms with van der Waals surface area (Å²) < 4.78 is 10.4. The monoisotopic (exact) mass is 360 g/mol. The molecule has 5 nitrogen and oxygen atoms in total. The van der Waals surface area contributed by atoms with E-state index in [0.29, 0.717) is 13.2 Å².